The maximum Gasteiger partial charge on any atom is 0.253 e. The number of aromatic nitrogens is 1. The lowest BCUT2D eigenvalue weighted by Gasteiger charge is -2.19. The largest absolute Gasteiger partial charge is 0.377 e. The van der Waals surface area contributed by atoms with Gasteiger partial charge >= 0.3 is 0 Å². The molecule has 1 rings (SSSR count). The second-order valence-corrected chi connectivity index (χ2v) is 3.87. The van der Waals surface area contributed by atoms with Crippen LogP contribution in [0.5, 0.6) is 0 Å². The van der Waals surface area contributed by atoms with Gasteiger partial charge in [0.05, 0.1) is 0 Å². The molecule has 1 aromatic rings. The van der Waals surface area contributed by atoms with Crippen molar-refractivity contribution in [3.05, 3.63) is 23.5 Å². The second kappa shape index (κ2) is 4.67. The van der Waals surface area contributed by atoms with Crippen LogP contribution in [0.4, 0.5) is 23.2 Å². The second-order valence-electron chi connectivity index (χ2n) is 3.87. The number of nitrogens with one attached hydrogen (secondary N) is 1. The van der Waals surface area contributed by atoms with Crippen LogP contribution in [0.1, 0.15) is 20.8 Å². The van der Waals surface area contributed by atoms with Crippen LogP contribution in [0.3, 0.4) is 0 Å². The Labute approximate surface area is 90.7 Å². The zero-order valence-electron chi connectivity index (χ0n) is 9.11. The molecule has 90 valence electrons. The lowest BCUT2D eigenvalue weighted by atomic mass is 10.1. The van der Waals surface area contributed by atoms with Crippen molar-refractivity contribution in [3.8, 4) is 0 Å². The number of nitrogens with zero attached hydrogens (tertiary/aromatic N) is 1. The van der Waals surface area contributed by atoms with Crippen LogP contribution in [0.15, 0.2) is 0 Å². The molecule has 1 heterocycles. The van der Waals surface area contributed by atoms with Gasteiger partial charge in [0.1, 0.15) is 5.69 Å². The van der Waals surface area contributed by atoms with Crippen molar-refractivity contribution in [2.75, 3.05) is 5.32 Å². The summed E-state index contributed by atoms with van der Waals surface area (Å²) in [7, 11) is 0. The molecule has 0 amide bonds. The molecule has 6 heteroatoms. The smallest absolute Gasteiger partial charge is 0.253 e. The van der Waals surface area contributed by atoms with Crippen molar-refractivity contribution in [2.45, 2.75) is 26.8 Å². The fourth-order valence-electron chi connectivity index (χ4n) is 1.01. The van der Waals surface area contributed by atoms with E-state index in [-0.39, 0.29) is 12.0 Å². The summed E-state index contributed by atoms with van der Waals surface area (Å²) in [5.74, 6) is -6.27. The Morgan fingerprint density at radius 1 is 0.938 bits per heavy atom. The molecule has 1 atom stereocenters. The molecule has 0 saturated carbocycles. The van der Waals surface area contributed by atoms with Gasteiger partial charge in [-0.15, -0.1) is 0 Å². The predicted molar refractivity (Wildman–Crippen MR) is 52.0 cm³/mol. The summed E-state index contributed by atoms with van der Waals surface area (Å²) in [6, 6.07) is -0.329. The molecule has 1 N–H and O–H groups in total. The summed E-state index contributed by atoms with van der Waals surface area (Å²) in [4.78, 5) is 2.46. The molecule has 0 aliphatic carbocycles. The van der Waals surface area contributed by atoms with Crippen LogP contribution in [0.25, 0.3) is 0 Å². The fraction of sp³-hybridized carbons (Fsp3) is 0.500. The Hall–Kier alpha value is -1.33. The van der Waals surface area contributed by atoms with Crippen LogP contribution in [0, 0.1) is 29.4 Å². The van der Waals surface area contributed by atoms with Crippen LogP contribution >= 0.6 is 0 Å². The Bertz CT molecular complexity index is 367. The average Bonchev–Trinajstić information content (AvgIpc) is 2.21. The molecule has 2 nitrogen and oxygen atoms in total. The van der Waals surface area contributed by atoms with Crippen LogP contribution in [-0.2, 0) is 0 Å². The van der Waals surface area contributed by atoms with Gasteiger partial charge in [-0.2, -0.15) is 22.5 Å². The van der Waals surface area contributed by atoms with Crippen molar-refractivity contribution >= 4 is 5.69 Å². The number of rotatable bonds is 3. The van der Waals surface area contributed by atoms with Gasteiger partial charge in [0, 0.05) is 6.04 Å². The SMILES string of the molecule is CC(C)C(C)Nc1c(F)c(F)nc(F)c1F. The molecule has 1 unspecified atom stereocenters. The van der Waals surface area contributed by atoms with E-state index in [1.807, 2.05) is 0 Å². The zero-order valence-corrected chi connectivity index (χ0v) is 9.11. The third kappa shape index (κ3) is 2.43. The topological polar surface area (TPSA) is 24.9 Å². The van der Waals surface area contributed by atoms with Gasteiger partial charge in [-0.05, 0) is 12.8 Å². The molecular formula is C10H12F4N2. The molecule has 0 bridgehead atoms. The van der Waals surface area contributed by atoms with E-state index in [9.17, 15) is 17.6 Å². The van der Waals surface area contributed by atoms with Crippen molar-refractivity contribution < 1.29 is 17.6 Å². The maximum absolute atomic E-state index is 13.2. The summed E-state index contributed by atoms with van der Waals surface area (Å²) in [5, 5.41) is 2.39. The van der Waals surface area contributed by atoms with Crippen LogP contribution in [-0.4, -0.2) is 11.0 Å². The first-order valence-corrected chi connectivity index (χ1v) is 4.81. The highest BCUT2D eigenvalue weighted by atomic mass is 19.2. The molecule has 0 saturated heterocycles. The van der Waals surface area contributed by atoms with E-state index in [0.29, 0.717) is 0 Å². The van der Waals surface area contributed by atoms with E-state index in [4.69, 9.17) is 0 Å². The maximum atomic E-state index is 13.2. The van der Waals surface area contributed by atoms with Gasteiger partial charge in [-0.3, -0.25) is 0 Å². The normalized spacial score (nSPS) is 13.0. The number of anilines is 1. The monoisotopic (exact) mass is 236 g/mol. The Balaban J connectivity index is 3.12. The molecule has 0 radical (unpaired) electrons. The molecule has 0 aliphatic rings. The zero-order chi connectivity index (χ0) is 12.5. The van der Waals surface area contributed by atoms with E-state index in [0.717, 1.165) is 0 Å². The molecule has 0 fully saturated rings. The van der Waals surface area contributed by atoms with Gasteiger partial charge in [0.25, 0.3) is 11.9 Å². The van der Waals surface area contributed by atoms with Gasteiger partial charge in [0.15, 0.2) is 0 Å². The molecular weight excluding hydrogens is 224 g/mol. The minimum Gasteiger partial charge on any atom is -0.377 e. The summed E-state index contributed by atoms with van der Waals surface area (Å²) in [6.07, 6.45) is 0. The van der Waals surface area contributed by atoms with Crippen molar-refractivity contribution in [2.24, 2.45) is 5.92 Å². The number of hydrogen-bond donors (Lipinski definition) is 1. The van der Waals surface area contributed by atoms with Gasteiger partial charge in [-0.1, -0.05) is 13.8 Å². The summed E-state index contributed by atoms with van der Waals surface area (Å²) >= 11 is 0. The quantitative estimate of drug-likeness (QED) is 0.644. The Morgan fingerprint density at radius 2 is 1.38 bits per heavy atom. The summed E-state index contributed by atoms with van der Waals surface area (Å²) in [5.41, 5.74) is -0.814. The summed E-state index contributed by atoms with van der Waals surface area (Å²) < 4.78 is 51.8. The Morgan fingerprint density at radius 3 is 1.75 bits per heavy atom. The van der Waals surface area contributed by atoms with E-state index in [1.54, 1.807) is 20.8 Å². The number of halogens is 4. The van der Waals surface area contributed by atoms with E-state index in [1.165, 1.54) is 0 Å². The average molecular weight is 236 g/mol. The first-order valence-electron chi connectivity index (χ1n) is 4.81. The highest BCUT2D eigenvalue weighted by Gasteiger charge is 2.22. The number of hydrogen-bond acceptors (Lipinski definition) is 2. The summed E-state index contributed by atoms with van der Waals surface area (Å²) in [6.45, 7) is 5.27. The Kier molecular flexibility index (Phi) is 3.72. The van der Waals surface area contributed by atoms with Gasteiger partial charge in [-0.25, -0.2) is 0 Å². The van der Waals surface area contributed by atoms with Crippen LogP contribution < -0.4 is 5.32 Å². The highest BCUT2D eigenvalue weighted by Crippen LogP contribution is 2.23. The van der Waals surface area contributed by atoms with Crippen molar-refractivity contribution in [1.82, 2.24) is 4.98 Å². The lowest BCUT2D eigenvalue weighted by molar-refractivity contribution is 0.408. The minimum absolute atomic E-state index is 0.0538. The predicted octanol–water partition coefficient (Wildman–Crippen LogP) is 3.09. The third-order valence-corrected chi connectivity index (χ3v) is 2.37. The van der Waals surface area contributed by atoms with Gasteiger partial charge in [0.2, 0.25) is 11.6 Å². The van der Waals surface area contributed by atoms with Crippen molar-refractivity contribution in [3.63, 3.8) is 0 Å². The molecule has 0 aliphatic heterocycles. The molecule has 1 aromatic heterocycles. The molecule has 16 heavy (non-hydrogen) atoms. The van der Waals surface area contributed by atoms with Crippen LogP contribution in [0.2, 0.25) is 0 Å². The fourth-order valence-corrected chi connectivity index (χ4v) is 1.01. The van der Waals surface area contributed by atoms with E-state index in [2.05, 4.69) is 10.3 Å². The standard InChI is InChI=1S/C10H12F4N2/c1-4(2)5(3)15-8-6(11)9(13)16-10(14)7(8)12/h4-5H,1-3H3,(H,15,16). The number of pyridine rings is 1. The van der Waals surface area contributed by atoms with Crippen molar-refractivity contribution in [1.29, 1.82) is 0 Å². The highest BCUT2D eigenvalue weighted by molar-refractivity contribution is 5.46. The third-order valence-electron chi connectivity index (χ3n) is 2.37. The molecule has 0 aromatic carbocycles. The first-order chi connectivity index (χ1) is 7.34. The lowest BCUT2D eigenvalue weighted by Crippen LogP contribution is -2.24. The first kappa shape index (κ1) is 12.7. The minimum atomic E-state index is -1.66. The van der Waals surface area contributed by atoms with E-state index >= 15 is 0 Å². The van der Waals surface area contributed by atoms with E-state index < -0.39 is 29.2 Å². The molecule has 0 spiro atoms. The van der Waals surface area contributed by atoms with Gasteiger partial charge < -0.3 is 5.32 Å².